The lowest BCUT2D eigenvalue weighted by atomic mass is 10.2. The van der Waals surface area contributed by atoms with Crippen molar-refractivity contribution in [3.63, 3.8) is 0 Å². The Morgan fingerprint density at radius 2 is 1.95 bits per heavy atom. The van der Waals surface area contributed by atoms with Crippen LogP contribution in [-0.2, 0) is 6.54 Å². The van der Waals surface area contributed by atoms with E-state index in [4.69, 9.17) is 0 Å². The maximum absolute atomic E-state index is 12.9. The molecule has 0 aliphatic heterocycles. The van der Waals surface area contributed by atoms with E-state index < -0.39 is 0 Å². The quantitative estimate of drug-likeness (QED) is 0.743. The summed E-state index contributed by atoms with van der Waals surface area (Å²) < 4.78 is 12.9. The molecular weight excluding hydrogens is 283 g/mol. The fraction of sp³-hybridized carbons (Fsp3) is 0.118. The van der Waals surface area contributed by atoms with Gasteiger partial charge in [0, 0.05) is 23.3 Å². The lowest BCUT2D eigenvalue weighted by molar-refractivity contribution is 0.627. The van der Waals surface area contributed by atoms with Gasteiger partial charge in [0.15, 0.2) is 0 Å². The third kappa shape index (κ3) is 3.28. The molecule has 0 saturated heterocycles. The van der Waals surface area contributed by atoms with E-state index in [9.17, 15) is 4.39 Å². The molecule has 0 aliphatic carbocycles. The number of pyridine rings is 1. The summed E-state index contributed by atoms with van der Waals surface area (Å²) >= 11 is 1.72. The normalized spacial score (nSPS) is 10.6. The Morgan fingerprint density at radius 3 is 2.67 bits per heavy atom. The van der Waals surface area contributed by atoms with Crippen molar-refractivity contribution in [1.29, 1.82) is 0 Å². The molecule has 3 aromatic rings. The molecule has 1 N–H and O–H groups in total. The molecule has 2 nitrogen and oxygen atoms in total. The topological polar surface area (TPSA) is 24.9 Å². The molecule has 0 saturated carbocycles. The van der Waals surface area contributed by atoms with E-state index in [0.29, 0.717) is 6.54 Å². The van der Waals surface area contributed by atoms with Gasteiger partial charge in [-0.25, -0.2) is 4.39 Å². The van der Waals surface area contributed by atoms with Crippen molar-refractivity contribution in [1.82, 2.24) is 4.98 Å². The Kier molecular flexibility index (Phi) is 3.97. The van der Waals surface area contributed by atoms with Crippen LogP contribution in [0.1, 0.15) is 10.4 Å². The SMILES string of the molecule is Cc1sc(-c2ccccn2)cc1NCc1ccc(F)cc1. The lowest BCUT2D eigenvalue weighted by Crippen LogP contribution is -1.99. The van der Waals surface area contributed by atoms with E-state index in [1.54, 1.807) is 29.7 Å². The minimum atomic E-state index is -0.206. The second-order valence-electron chi connectivity index (χ2n) is 4.78. The number of halogens is 1. The number of rotatable bonds is 4. The number of nitrogens with zero attached hydrogens (tertiary/aromatic N) is 1. The molecule has 0 atom stereocenters. The molecule has 0 amide bonds. The molecular formula is C17H15FN2S. The molecule has 4 heteroatoms. The number of aryl methyl sites for hydroxylation is 1. The maximum Gasteiger partial charge on any atom is 0.123 e. The first-order chi connectivity index (χ1) is 10.2. The van der Waals surface area contributed by atoms with Crippen molar-refractivity contribution in [3.05, 3.63) is 71.0 Å². The number of hydrogen-bond donors (Lipinski definition) is 1. The largest absolute Gasteiger partial charge is 0.380 e. The first-order valence-corrected chi connectivity index (χ1v) is 7.54. The summed E-state index contributed by atoms with van der Waals surface area (Å²) in [6.07, 6.45) is 1.80. The summed E-state index contributed by atoms with van der Waals surface area (Å²) in [6, 6.07) is 14.6. The Hall–Kier alpha value is -2.20. The van der Waals surface area contributed by atoms with Crippen molar-refractivity contribution in [2.75, 3.05) is 5.32 Å². The average Bonchev–Trinajstić information content (AvgIpc) is 2.89. The van der Waals surface area contributed by atoms with E-state index in [2.05, 4.69) is 23.3 Å². The number of aromatic nitrogens is 1. The van der Waals surface area contributed by atoms with Gasteiger partial charge in [0.2, 0.25) is 0 Å². The van der Waals surface area contributed by atoms with Crippen LogP contribution in [0.5, 0.6) is 0 Å². The Labute approximate surface area is 127 Å². The summed E-state index contributed by atoms with van der Waals surface area (Å²) in [5, 5.41) is 3.40. The number of nitrogens with one attached hydrogen (secondary N) is 1. The van der Waals surface area contributed by atoms with Crippen molar-refractivity contribution >= 4 is 17.0 Å². The monoisotopic (exact) mass is 298 g/mol. The molecule has 3 rings (SSSR count). The van der Waals surface area contributed by atoms with E-state index in [0.717, 1.165) is 21.8 Å². The van der Waals surface area contributed by atoms with Gasteiger partial charge in [-0.05, 0) is 42.8 Å². The van der Waals surface area contributed by atoms with Crippen LogP contribution in [-0.4, -0.2) is 4.98 Å². The summed E-state index contributed by atoms with van der Waals surface area (Å²) in [5.41, 5.74) is 3.15. The number of benzene rings is 1. The summed E-state index contributed by atoms with van der Waals surface area (Å²) in [6.45, 7) is 2.77. The Balaban J connectivity index is 1.74. The van der Waals surface area contributed by atoms with Gasteiger partial charge in [0.1, 0.15) is 5.82 Å². The van der Waals surface area contributed by atoms with Crippen LogP contribution in [0, 0.1) is 12.7 Å². The van der Waals surface area contributed by atoms with Gasteiger partial charge in [-0.15, -0.1) is 11.3 Å². The highest BCUT2D eigenvalue weighted by Gasteiger charge is 2.07. The molecule has 0 spiro atoms. The highest BCUT2D eigenvalue weighted by molar-refractivity contribution is 7.16. The van der Waals surface area contributed by atoms with E-state index in [-0.39, 0.29) is 5.82 Å². The van der Waals surface area contributed by atoms with E-state index >= 15 is 0 Å². The number of thiophene rings is 1. The molecule has 2 heterocycles. The van der Waals surface area contributed by atoms with Gasteiger partial charge in [-0.3, -0.25) is 4.98 Å². The summed E-state index contributed by atoms with van der Waals surface area (Å²) in [7, 11) is 0. The molecule has 0 fully saturated rings. The fourth-order valence-corrected chi connectivity index (χ4v) is 3.06. The first-order valence-electron chi connectivity index (χ1n) is 6.72. The van der Waals surface area contributed by atoms with Crippen LogP contribution in [0.15, 0.2) is 54.7 Å². The zero-order valence-corrected chi connectivity index (χ0v) is 12.5. The molecule has 106 valence electrons. The van der Waals surface area contributed by atoms with E-state index in [1.807, 2.05) is 18.2 Å². The second-order valence-corrected chi connectivity index (χ2v) is 6.03. The fourth-order valence-electron chi connectivity index (χ4n) is 2.09. The summed E-state index contributed by atoms with van der Waals surface area (Å²) in [4.78, 5) is 6.74. The van der Waals surface area contributed by atoms with E-state index in [1.165, 1.54) is 17.0 Å². The zero-order valence-electron chi connectivity index (χ0n) is 11.6. The minimum Gasteiger partial charge on any atom is -0.380 e. The van der Waals surface area contributed by atoms with Crippen LogP contribution < -0.4 is 5.32 Å². The molecule has 2 aromatic heterocycles. The van der Waals surface area contributed by atoms with Gasteiger partial charge in [-0.2, -0.15) is 0 Å². The van der Waals surface area contributed by atoms with Crippen LogP contribution in [0.2, 0.25) is 0 Å². The summed E-state index contributed by atoms with van der Waals surface area (Å²) in [5.74, 6) is -0.206. The van der Waals surface area contributed by atoms with Crippen molar-refractivity contribution < 1.29 is 4.39 Å². The van der Waals surface area contributed by atoms with Gasteiger partial charge >= 0.3 is 0 Å². The van der Waals surface area contributed by atoms with Crippen molar-refractivity contribution in [2.45, 2.75) is 13.5 Å². The van der Waals surface area contributed by atoms with Crippen molar-refractivity contribution in [3.8, 4) is 10.6 Å². The number of anilines is 1. The van der Waals surface area contributed by atoms with Crippen LogP contribution in [0.25, 0.3) is 10.6 Å². The average molecular weight is 298 g/mol. The van der Waals surface area contributed by atoms with Gasteiger partial charge in [0.05, 0.1) is 10.6 Å². The highest BCUT2D eigenvalue weighted by atomic mass is 32.1. The van der Waals surface area contributed by atoms with Crippen LogP contribution in [0.4, 0.5) is 10.1 Å². The van der Waals surface area contributed by atoms with Crippen LogP contribution in [0.3, 0.4) is 0 Å². The number of hydrogen-bond acceptors (Lipinski definition) is 3. The van der Waals surface area contributed by atoms with Crippen LogP contribution >= 0.6 is 11.3 Å². The van der Waals surface area contributed by atoms with Crippen molar-refractivity contribution in [2.24, 2.45) is 0 Å². The molecule has 0 radical (unpaired) electrons. The maximum atomic E-state index is 12.9. The Morgan fingerprint density at radius 1 is 1.14 bits per heavy atom. The third-order valence-corrected chi connectivity index (χ3v) is 4.30. The molecule has 21 heavy (non-hydrogen) atoms. The van der Waals surface area contributed by atoms with Gasteiger partial charge < -0.3 is 5.32 Å². The highest BCUT2D eigenvalue weighted by Crippen LogP contribution is 2.33. The predicted molar refractivity (Wildman–Crippen MR) is 86.0 cm³/mol. The minimum absolute atomic E-state index is 0.206. The van der Waals surface area contributed by atoms with Gasteiger partial charge in [0.25, 0.3) is 0 Å². The zero-order chi connectivity index (χ0) is 14.7. The molecule has 1 aromatic carbocycles. The molecule has 0 bridgehead atoms. The first kappa shape index (κ1) is 13.8. The standard InChI is InChI=1S/C17H15FN2S/c1-12-16(20-11-13-5-7-14(18)8-6-13)10-17(21-12)15-4-2-3-9-19-15/h2-10,20H,11H2,1H3. The molecule has 0 aliphatic rings. The Bertz CT molecular complexity index is 720. The third-order valence-electron chi connectivity index (χ3n) is 3.23. The molecule has 0 unspecified atom stereocenters. The second kappa shape index (κ2) is 6.06. The predicted octanol–water partition coefficient (Wildman–Crippen LogP) is 4.87. The smallest absolute Gasteiger partial charge is 0.123 e. The van der Waals surface area contributed by atoms with Gasteiger partial charge in [-0.1, -0.05) is 18.2 Å². The lowest BCUT2D eigenvalue weighted by Gasteiger charge is -2.05.